The summed E-state index contributed by atoms with van der Waals surface area (Å²) in [4.78, 5) is 30.2. The van der Waals surface area contributed by atoms with E-state index >= 15 is 0 Å². The zero-order valence-electron chi connectivity index (χ0n) is 16.3. The van der Waals surface area contributed by atoms with Crippen molar-refractivity contribution in [2.75, 3.05) is 27.3 Å². The summed E-state index contributed by atoms with van der Waals surface area (Å²) in [5, 5.41) is 0. The lowest BCUT2D eigenvalue weighted by molar-refractivity contribution is 0.0599. The Hall–Kier alpha value is -2.60. The number of aryl methyl sites for hydroxylation is 1. The lowest BCUT2D eigenvalue weighted by atomic mass is 10.0. The number of Topliss-reactive ketones (excluding diaryl/α,β-unsaturated/α-hetero) is 1. The Labute approximate surface area is 159 Å². The minimum Gasteiger partial charge on any atom is -0.497 e. The first-order chi connectivity index (χ1) is 13.0. The molecule has 6 nitrogen and oxygen atoms in total. The van der Waals surface area contributed by atoms with Gasteiger partial charge in [-0.15, -0.1) is 0 Å². The molecule has 0 bridgehead atoms. The van der Waals surface area contributed by atoms with Crippen LogP contribution in [0.25, 0.3) is 0 Å². The number of aromatic amines is 1. The molecule has 27 heavy (non-hydrogen) atoms. The highest BCUT2D eigenvalue weighted by Gasteiger charge is 2.30. The first kappa shape index (κ1) is 19.2. The van der Waals surface area contributed by atoms with Crippen molar-refractivity contribution in [2.45, 2.75) is 32.7 Å². The van der Waals surface area contributed by atoms with Crippen molar-refractivity contribution >= 4 is 11.8 Å². The fraction of sp³-hybridized carbons (Fsp3) is 0.429. The van der Waals surface area contributed by atoms with E-state index in [1.54, 1.807) is 21.0 Å². The first-order valence-electron chi connectivity index (χ1n) is 9.15. The van der Waals surface area contributed by atoms with E-state index in [-0.39, 0.29) is 11.8 Å². The molecule has 2 aromatic rings. The maximum Gasteiger partial charge on any atom is 0.339 e. The molecule has 0 aliphatic carbocycles. The van der Waals surface area contributed by atoms with E-state index in [9.17, 15) is 9.59 Å². The average Bonchev–Trinajstić information content (AvgIpc) is 3.25. The number of carbonyl (C=O) groups is 2. The third-order valence-electron chi connectivity index (χ3n) is 5.29. The van der Waals surface area contributed by atoms with Crippen molar-refractivity contribution in [3.63, 3.8) is 0 Å². The van der Waals surface area contributed by atoms with Crippen LogP contribution in [0.15, 0.2) is 24.3 Å². The Balaban J connectivity index is 1.80. The molecule has 3 rings (SSSR count). The lowest BCUT2D eigenvalue weighted by Crippen LogP contribution is -2.30. The van der Waals surface area contributed by atoms with Gasteiger partial charge in [0.15, 0.2) is 5.78 Å². The van der Waals surface area contributed by atoms with Crippen molar-refractivity contribution in [1.82, 2.24) is 9.88 Å². The Morgan fingerprint density at radius 3 is 2.74 bits per heavy atom. The molecule has 0 amide bonds. The molecule has 1 aromatic carbocycles. The highest BCUT2D eigenvalue weighted by Crippen LogP contribution is 2.33. The van der Waals surface area contributed by atoms with Gasteiger partial charge in [0.05, 0.1) is 32.0 Å². The van der Waals surface area contributed by atoms with Gasteiger partial charge >= 0.3 is 5.97 Å². The molecule has 0 saturated carbocycles. The van der Waals surface area contributed by atoms with Gasteiger partial charge in [0, 0.05) is 11.7 Å². The third kappa shape index (κ3) is 3.76. The first-order valence-corrected chi connectivity index (χ1v) is 9.15. The highest BCUT2D eigenvalue weighted by atomic mass is 16.5. The summed E-state index contributed by atoms with van der Waals surface area (Å²) < 4.78 is 10.2. The minimum atomic E-state index is -0.421. The molecule has 1 aliphatic rings. The number of ether oxygens (including phenoxy) is 2. The zero-order chi connectivity index (χ0) is 19.6. The molecular weight excluding hydrogens is 344 g/mol. The van der Waals surface area contributed by atoms with Gasteiger partial charge in [0.1, 0.15) is 5.75 Å². The molecule has 1 saturated heterocycles. The van der Waals surface area contributed by atoms with Gasteiger partial charge in [-0.25, -0.2) is 4.79 Å². The molecule has 1 aliphatic heterocycles. The maximum atomic E-state index is 12.9. The molecule has 1 atom stereocenters. The van der Waals surface area contributed by atoms with Crippen LogP contribution in [-0.2, 0) is 4.74 Å². The number of nitrogens with zero attached hydrogens (tertiary/aromatic N) is 1. The molecule has 0 radical (unpaired) electrons. The van der Waals surface area contributed by atoms with Crippen LogP contribution in [0.4, 0.5) is 0 Å². The van der Waals surface area contributed by atoms with Gasteiger partial charge in [0.25, 0.3) is 0 Å². The second-order valence-corrected chi connectivity index (χ2v) is 6.94. The van der Waals surface area contributed by atoms with Crippen LogP contribution in [0.3, 0.4) is 0 Å². The molecule has 144 valence electrons. The van der Waals surface area contributed by atoms with Gasteiger partial charge in [-0.2, -0.15) is 0 Å². The van der Waals surface area contributed by atoms with E-state index in [1.807, 2.05) is 18.2 Å². The zero-order valence-corrected chi connectivity index (χ0v) is 16.3. The second kappa shape index (κ2) is 7.96. The number of hydrogen-bond acceptors (Lipinski definition) is 5. The van der Waals surface area contributed by atoms with Crippen molar-refractivity contribution in [2.24, 2.45) is 0 Å². The standard InChI is InChI=1S/C21H26N2O4/c1-13-19(21(25)27-4)14(2)22-20(13)18(24)12-23-10-6-9-17(23)15-7-5-8-16(11-15)26-3/h5,7-8,11,17,22H,6,9-10,12H2,1-4H3. The largest absolute Gasteiger partial charge is 0.497 e. The average molecular weight is 370 g/mol. The van der Waals surface area contributed by atoms with Crippen molar-refractivity contribution in [3.05, 3.63) is 52.3 Å². The van der Waals surface area contributed by atoms with Gasteiger partial charge < -0.3 is 14.5 Å². The fourth-order valence-electron chi connectivity index (χ4n) is 3.94. The predicted octanol–water partition coefficient (Wildman–Crippen LogP) is 3.45. The number of rotatable bonds is 6. The Morgan fingerprint density at radius 1 is 1.26 bits per heavy atom. The van der Waals surface area contributed by atoms with Crippen LogP contribution in [0.5, 0.6) is 5.75 Å². The number of likely N-dealkylation sites (tertiary alicyclic amines) is 1. The molecule has 6 heteroatoms. The molecule has 1 aromatic heterocycles. The second-order valence-electron chi connectivity index (χ2n) is 6.94. The number of ketones is 1. The van der Waals surface area contributed by atoms with E-state index in [4.69, 9.17) is 9.47 Å². The Morgan fingerprint density at radius 2 is 2.04 bits per heavy atom. The summed E-state index contributed by atoms with van der Waals surface area (Å²) in [6.45, 7) is 4.75. The number of benzene rings is 1. The maximum absolute atomic E-state index is 12.9. The smallest absolute Gasteiger partial charge is 0.339 e. The summed E-state index contributed by atoms with van der Waals surface area (Å²) in [5.41, 5.74) is 3.42. The number of carbonyl (C=O) groups excluding carboxylic acids is 2. The monoisotopic (exact) mass is 370 g/mol. The number of hydrogen-bond donors (Lipinski definition) is 1. The van der Waals surface area contributed by atoms with Crippen molar-refractivity contribution in [3.8, 4) is 5.75 Å². The van der Waals surface area contributed by atoms with Crippen LogP contribution >= 0.6 is 0 Å². The van der Waals surface area contributed by atoms with Gasteiger partial charge in [-0.3, -0.25) is 9.69 Å². The van der Waals surface area contributed by atoms with Crippen LogP contribution < -0.4 is 4.74 Å². The predicted molar refractivity (Wildman–Crippen MR) is 102 cm³/mol. The third-order valence-corrected chi connectivity index (χ3v) is 5.29. The summed E-state index contributed by atoms with van der Waals surface area (Å²) in [6.07, 6.45) is 2.06. The number of nitrogens with one attached hydrogen (secondary N) is 1. The van der Waals surface area contributed by atoms with Gasteiger partial charge in [0.2, 0.25) is 0 Å². The number of methoxy groups -OCH3 is 2. The summed E-state index contributed by atoms with van der Waals surface area (Å²) >= 11 is 0. The SMILES string of the molecule is COC(=O)c1c(C)[nH]c(C(=O)CN2CCCC2c2cccc(OC)c2)c1C. The molecule has 2 heterocycles. The van der Waals surface area contributed by atoms with Crippen LogP contribution in [0.2, 0.25) is 0 Å². The summed E-state index contributed by atoms with van der Waals surface area (Å²) in [6, 6.07) is 8.21. The van der Waals surface area contributed by atoms with E-state index in [0.717, 1.165) is 30.7 Å². The molecule has 1 unspecified atom stereocenters. The van der Waals surface area contributed by atoms with E-state index in [0.29, 0.717) is 29.1 Å². The molecular formula is C21H26N2O4. The number of esters is 1. The fourth-order valence-corrected chi connectivity index (χ4v) is 3.94. The quantitative estimate of drug-likeness (QED) is 0.623. The van der Waals surface area contributed by atoms with Crippen LogP contribution in [-0.4, -0.2) is 48.9 Å². The van der Waals surface area contributed by atoms with E-state index < -0.39 is 5.97 Å². The topological polar surface area (TPSA) is 71.6 Å². The number of H-pyrrole nitrogens is 1. The lowest BCUT2D eigenvalue weighted by Gasteiger charge is -2.24. The summed E-state index contributed by atoms with van der Waals surface area (Å²) in [7, 11) is 3.00. The Bertz CT molecular complexity index is 856. The van der Waals surface area contributed by atoms with Crippen LogP contribution in [0.1, 0.15) is 56.6 Å². The van der Waals surface area contributed by atoms with E-state index in [1.165, 1.54) is 7.11 Å². The van der Waals surface area contributed by atoms with Crippen molar-refractivity contribution < 1.29 is 19.1 Å². The summed E-state index contributed by atoms with van der Waals surface area (Å²) in [5.74, 6) is 0.389. The molecule has 1 N–H and O–H groups in total. The molecule has 1 fully saturated rings. The van der Waals surface area contributed by atoms with Crippen LogP contribution in [0, 0.1) is 13.8 Å². The highest BCUT2D eigenvalue weighted by molar-refractivity contribution is 6.02. The Kier molecular flexibility index (Phi) is 5.65. The van der Waals surface area contributed by atoms with Gasteiger partial charge in [-0.05, 0) is 56.5 Å². The van der Waals surface area contributed by atoms with Gasteiger partial charge in [-0.1, -0.05) is 12.1 Å². The minimum absolute atomic E-state index is 0.0134. The normalized spacial score (nSPS) is 17.1. The van der Waals surface area contributed by atoms with Crippen molar-refractivity contribution in [1.29, 1.82) is 0 Å². The van der Waals surface area contributed by atoms with E-state index in [2.05, 4.69) is 16.0 Å². The number of aromatic nitrogens is 1. The molecule has 0 spiro atoms.